The average Bonchev–Trinajstić information content (AvgIpc) is 2.86. The molecule has 0 amide bonds. The Kier molecular flexibility index (Phi) is 7.87. The van der Waals surface area contributed by atoms with E-state index in [-0.39, 0.29) is 18.8 Å². The largest absolute Gasteiger partial charge is 0.462 e. The standard InChI is InChI=1S/C16H24O8/c1-9(2)21-15(18)13-14(16(19)22-10(3)4)24-12(23-13)7-6-8-20-11(5)17/h6-7,9-10,12-14H,8H2,1-5H3/b7-6+/t13-,14-/m0/s1. The lowest BCUT2D eigenvalue weighted by Crippen LogP contribution is -2.40. The van der Waals surface area contributed by atoms with E-state index < -0.39 is 36.4 Å². The van der Waals surface area contributed by atoms with Crippen molar-refractivity contribution in [2.75, 3.05) is 6.61 Å². The summed E-state index contributed by atoms with van der Waals surface area (Å²) >= 11 is 0. The molecule has 8 nitrogen and oxygen atoms in total. The number of ether oxygens (including phenoxy) is 5. The van der Waals surface area contributed by atoms with Gasteiger partial charge >= 0.3 is 17.9 Å². The minimum atomic E-state index is -1.22. The molecule has 8 heteroatoms. The van der Waals surface area contributed by atoms with E-state index in [1.165, 1.54) is 19.1 Å². The van der Waals surface area contributed by atoms with Crippen LogP contribution in [0, 0.1) is 0 Å². The molecule has 0 aromatic carbocycles. The minimum Gasteiger partial charge on any atom is -0.462 e. The van der Waals surface area contributed by atoms with Crippen LogP contribution < -0.4 is 0 Å². The molecule has 0 aliphatic carbocycles. The summed E-state index contributed by atoms with van der Waals surface area (Å²) in [5, 5.41) is 0. The van der Waals surface area contributed by atoms with Gasteiger partial charge in [-0.1, -0.05) is 0 Å². The van der Waals surface area contributed by atoms with Crippen molar-refractivity contribution < 1.29 is 38.1 Å². The average molecular weight is 344 g/mol. The second-order valence-electron chi connectivity index (χ2n) is 5.68. The van der Waals surface area contributed by atoms with Crippen molar-refractivity contribution in [3.8, 4) is 0 Å². The summed E-state index contributed by atoms with van der Waals surface area (Å²) in [5.74, 6) is -1.83. The zero-order valence-corrected chi connectivity index (χ0v) is 14.5. The summed E-state index contributed by atoms with van der Waals surface area (Å²) in [6.45, 7) is 8.06. The Bertz CT molecular complexity index is 452. The number of rotatable bonds is 7. The van der Waals surface area contributed by atoms with Crippen molar-refractivity contribution in [2.24, 2.45) is 0 Å². The molecular weight excluding hydrogens is 320 g/mol. The molecule has 1 fully saturated rings. The summed E-state index contributed by atoms with van der Waals surface area (Å²) in [4.78, 5) is 34.9. The van der Waals surface area contributed by atoms with Gasteiger partial charge in [0.15, 0.2) is 18.5 Å². The maximum Gasteiger partial charge on any atom is 0.339 e. The van der Waals surface area contributed by atoms with E-state index in [1.54, 1.807) is 27.7 Å². The van der Waals surface area contributed by atoms with Crippen LogP contribution in [0.3, 0.4) is 0 Å². The maximum atomic E-state index is 12.1. The molecule has 136 valence electrons. The van der Waals surface area contributed by atoms with Gasteiger partial charge < -0.3 is 23.7 Å². The van der Waals surface area contributed by atoms with Gasteiger partial charge in [-0.2, -0.15) is 0 Å². The Morgan fingerprint density at radius 3 is 1.79 bits per heavy atom. The minimum absolute atomic E-state index is 0.0285. The summed E-state index contributed by atoms with van der Waals surface area (Å²) < 4.78 is 25.7. The number of hydrogen-bond acceptors (Lipinski definition) is 8. The molecule has 0 spiro atoms. The third kappa shape index (κ3) is 6.67. The van der Waals surface area contributed by atoms with Gasteiger partial charge in [-0.25, -0.2) is 9.59 Å². The fourth-order valence-electron chi connectivity index (χ4n) is 1.84. The molecule has 0 saturated carbocycles. The molecular formula is C16H24O8. The molecule has 2 atom stereocenters. The highest BCUT2D eigenvalue weighted by atomic mass is 16.8. The molecule has 1 rings (SSSR count). The van der Waals surface area contributed by atoms with Crippen LogP contribution in [0.1, 0.15) is 34.6 Å². The fraction of sp³-hybridized carbons (Fsp3) is 0.688. The zero-order valence-electron chi connectivity index (χ0n) is 14.5. The molecule has 0 bridgehead atoms. The highest BCUT2D eigenvalue weighted by molar-refractivity contribution is 5.86. The Balaban J connectivity index is 2.75. The predicted octanol–water partition coefficient (Wildman–Crippen LogP) is 1.12. The van der Waals surface area contributed by atoms with Gasteiger partial charge in [0, 0.05) is 6.92 Å². The van der Waals surface area contributed by atoms with E-state index in [1.807, 2.05) is 0 Å². The zero-order chi connectivity index (χ0) is 18.3. The summed E-state index contributed by atoms with van der Waals surface area (Å²) in [6, 6.07) is 0. The molecule has 0 aromatic heterocycles. The lowest BCUT2D eigenvalue weighted by Gasteiger charge is -2.17. The highest BCUT2D eigenvalue weighted by Gasteiger charge is 2.46. The first-order valence-electron chi connectivity index (χ1n) is 7.72. The molecule has 0 unspecified atom stereocenters. The second-order valence-corrected chi connectivity index (χ2v) is 5.68. The van der Waals surface area contributed by atoms with E-state index in [0.717, 1.165) is 0 Å². The van der Waals surface area contributed by atoms with Crippen LogP contribution >= 0.6 is 0 Å². The van der Waals surface area contributed by atoms with Crippen LogP contribution in [0.15, 0.2) is 12.2 Å². The van der Waals surface area contributed by atoms with Gasteiger partial charge in [0.2, 0.25) is 0 Å². The summed E-state index contributed by atoms with van der Waals surface area (Å²) in [6.07, 6.45) is -1.17. The van der Waals surface area contributed by atoms with Gasteiger partial charge in [0.25, 0.3) is 0 Å². The Morgan fingerprint density at radius 1 is 0.958 bits per heavy atom. The maximum absolute atomic E-state index is 12.1. The van der Waals surface area contributed by atoms with Gasteiger partial charge in [0.05, 0.1) is 12.2 Å². The van der Waals surface area contributed by atoms with Gasteiger partial charge in [0.1, 0.15) is 6.61 Å². The quantitative estimate of drug-likeness (QED) is 0.385. The van der Waals surface area contributed by atoms with E-state index >= 15 is 0 Å². The third-order valence-corrected chi connectivity index (χ3v) is 2.68. The van der Waals surface area contributed by atoms with Crippen LogP contribution in [-0.2, 0) is 38.1 Å². The molecule has 1 heterocycles. The van der Waals surface area contributed by atoms with Crippen LogP contribution in [0.5, 0.6) is 0 Å². The number of carbonyl (C=O) groups is 3. The van der Waals surface area contributed by atoms with Gasteiger partial charge in [-0.15, -0.1) is 0 Å². The van der Waals surface area contributed by atoms with Crippen LogP contribution in [-0.4, -0.2) is 55.2 Å². The smallest absolute Gasteiger partial charge is 0.339 e. The number of hydrogen-bond donors (Lipinski definition) is 0. The first kappa shape index (κ1) is 20.1. The first-order valence-corrected chi connectivity index (χ1v) is 7.72. The normalized spacial score (nSPS) is 21.5. The molecule has 1 saturated heterocycles. The number of carbonyl (C=O) groups excluding carboxylic acids is 3. The van der Waals surface area contributed by atoms with Crippen molar-refractivity contribution in [3.63, 3.8) is 0 Å². The van der Waals surface area contributed by atoms with Crippen LogP contribution in [0.2, 0.25) is 0 Å². The first-order chi connectivity index (χ1) is 11.2. The van der Waals surface area contributed by atoms with Gasteiger partial charge in [-0.3, -0.25) is 4.79 Å². The van der Waals surface area contributed by atoms with E-state index in [9.17, 15) is 14.4 Å². The fourth-order valence-corrected chi connectivity index (χ4v) is 1.84. The second kappa shape index (κ2) is 9.39. The molecule has 0 aromatic rings. The van der Waals surface area contributed by atoms with Crippen molar-refractivity contribution in [2.45, 2.75) is 65.3 Å². The summed E-state index contributed by atoms with van der Waals surface area (Å²) in [7, 11) is 0. The molecule has 1 aliphatic heterocycles. The molecule has 0 N–H and O–H groups in total. The topological polar surface area (TPSA) is 97.4 Å². The van der Waals surface area contributed by atoms with Crippen LogP contribution in [0.25, 0.3) is 0 Å². The van der Waals surface area contributed by atoms with E-state index in [2.05, 4.69) is 0 Å². The molecule has 0 radical (unpaired) electrons. The van der Waals surface area contributed by atoms with E-state index in [4.69, 9.17) is 23.7 Å². The van der Waals surface area contributed by atoms with Crippen molar-refractivity contribution >= 4 is 17.9 Å². The number of esters is 3. The SMILES string of the molecule is CC(=O)OC/C=C/C1O[C@H](C(=O)OC(C)C)[C@@H](C(=O)OC(C)C)O1. The Morgan fingerprint density at radius 2 is 1.42 bits per heavy atom. The van der Waals surface area contributed by atoms with Crippen LogP contribution in [0.4, 0.5) is 0 Å². The molecule has 24 heavy (non-hydrogen) atoms. The predicted molar refractivity (Wildman–Crippen MR) is 81.8 cm³/mol. The Hall–Kier alpha value is -1.93. The monoisotopic (exact) mass is 344 g/mol. The third-order valence-electron chi connectivity index (χ3n) is 2.68. The summed E-state index contributed by atoms with van der Waals surface area (Å²) in [5.41, 5.74) is 0. The van der Waals surface area contributed by atoms with Crippen molar-refractivity contribution in [1.29, 1.82) is 0 Å². The lowest BCUT2D eigenvalue weighted by molar-refractivity contribution is -0.167. The van der Waals surface area contributed by atoms with Gasteiger partial charge in [-0.05, 0) is 39.8 Å². The molecule has 1 aliphatic rings. The Labute approximate surface area is 141 Å². The van der Waals surface area contributed by atoms with E-state index in [0.29, 0.717) is 0 Å². The highest BCUT2D eigenvalue weighted by Crippen LogP contribution is 2.23. The van der Waals surface area contributed by atoms with Crippen molar-refractivity contribution in [3.05, 3.63) is 12.2 Å². The lowest BCUT2D eigenvalue weighted by atomic mass is 10.2. The van der Waals surface area contributed by atoms with Crippen molar-refractivity contribution in [1.82, 2.24) is 0 Å².